The average molecular weight is 557 g/mol. The third-order valence-corrected chi connectivity index (χ3v) is 9.65. The van der Waals surface area contributed by atoms with Crippen LogP contribution in [0.1, 0.15) is 95.4 Å². The van der Waals surface area contributed by atoms with Gasteiger partial charge in [0.2, 0.25) is 5.69 Å². The first-order valence-corrected chi connectivity index (χ1v) is 16.0. The molecule has 2 heteroatoms. The van der Waals surface area contributed by atoms with E-state index in [0.717, 1.165) is 24.3 Å². The molecule has 0 N–H and O–H groups in total. The van der Waals surface area contributed by atoms with Crippen LogP contribution in [0.5, 0.6) is 11.5 Å². The summed E-state index contributed by atoms with van der Waals surface area (Å²) in [6.07, 6.45) is 9.55. The highest BCUT2D eigenvalue weighted by atomic mass is 16.5. The minimum absolute atomic E-state index is 0.122. The summed E-state index contributed by atoms with van der Waals surface area (Å²) in [5.74, 6) is 2.73. The van der Waals surface area contributed by atoms with Crippen LogP contribution >= 0.6 is 0 Å². The fourth-order valence-electron chi connectivity index (χ4n) is 7.96. The number of ether oxygens (including phenoxy) is 1. The second kappa shape index (κ2) is 9.56. The number of nitrogens with zero attached hydrogens (tertiary/aromatic N) is 1. The highest BCUT2D eigenvalue weighted by Crippen LogP contribution is 2.53. The smallest absolute Gasteiger partial charge is 0.228 e. The normalized spacial score (nSPS) is 15.5. The Labute approximate surface area is 251 Å². The molecule has 4 aromatic carbocycles. The minimum Gasteiger partial charge on any atom is -0.455 e. The molecule has 0 bridgehead atoms. The maximum Gasteiger partial charge on any atom is 0.228 e. The molecule has 1 aromatic heterocycles. The Morgan fingerprint density at radius 3 is 2.24 bits per heavy atom. The molecular formula is C40H46NO+. The standard InChI is InChI=1S/C40H46NO/c1-24-31-20-25(22-39(2,3)4)16-17-29(31)33(23-40(5,6)7)38-35(24)37-36-30(18-19-41(37)8)28-15-11-14-27(26-12-9-10-13-26)32(28)21-34(36)42-38/h11,14-21,26H,9-10,12-13,22-23H2,1-8H3/q+1. The number of hydrogen-bond donors (Lipinski definition) is 0. The fourth-order valence-corrected chi connectivity index (χ4v) is 7.96. The van der Waals surface area contributed by atoms with Crippen molar-refractivity contribution in [3.8, 4) is 22.8 Å². The van der Waals surface area contributed by atoms with Gasteiger partial charge < -0.3 is 4.74 Å². The zero-order chi connectivity index (χ0) is 29.6. The molecule has 7 rings (SSSR count). The van der Waals surface area contributed by atoms with Gasteiger partial charge in [-0.1, -0.05) is 90.8 Å². The lowest BCUT2D eigenvalue weighted by molar-refractivity contribution is -0.659. The molecule has 1 aliphatic heterocycles. The van der Waals surface area contributed by atoms with Crippen LogP contribution in [0.2, 0.25) is 0 Å². The summed E-state index contributed by atoms with van der Waals surface area (Å²) in [6, 6.07) is 18.9. The second-order valence-electron chi connectivity index (χ2n) is 15.6. The third-order valence-electron chi connectivity index (χ3n) is 9.65. The SMILES string of the molecule is Cc1c2c(c(CC(C)(C)C)c3ccc(CC(C)(C)C)cc13)Oc1cc3c(C4CCCC4)cccc3c3cc[n+](C)c-2c13. The van der Waals surface area contributed by atoms with Gasteiger partial charge in [0.1, 0.15) is 18.5 Å². The number of pyridine rings is 1. The first-order valence-electron chi connectivity index (χ1n) is 16.0. The molecule has 0 spiro atoms. The molecule has 0 saturated heterocycles. The monoisotopic (exact) mass is 556 g/mol. The van der Waals surface area contributed by atoms with Crippen LogP contribution in [-0.4, -0.2) is 0 Å². The number of rotatable bonds is 3. The van der Waals surface area contributed by atoms with Gasteiger partial charge in [0, 0.05) is 17.0 Å². The van der Waals surface area contributed by atoms with Crippen molar-refractivity contribution < 1.29 is 9.30 Å². The van der Waals surface area contributed by atoms with Crippen LogP contribution in [0, 0.1) is 17.8 Å². The first-order chi connectivity index (χ1) is 19.9. The maximum absolute atomic E-state index is 7.19. The van der Waals surface area contributed by atoms with E-state index in [1.54, 1.807) is 0 Å². The Morgan fingerprint density at radius 1 is 0.786 bits per heavy atom. The van der Waals surface area contributed by atoms with Crippen LogP contribution in [-0.2, 0) is 19.9 Å². The van der Waals surface area contributed by atoms with Crippen LogP contribution in [0.3, 0.4) is 0 Å². The van der Waals surface area contributed by atoms with Gasteiger partial charge in [-0.15, -0.1) is 0 Å². The van der Waals surface area contributed by atoms with Gasteiger partial charge in [0.15, 0.2) is 6.20 Å². The van der Waals surface area contributed by atoms with E-state index in [2.05, 4.69) is 115 Å². The molecule has 2 aliphatic rings. The van der Waals surface area contributed by atoms with Crippen LogP contribution in [0.15, 0.2) is 54.7 Å². The van der Waals surface area contributed by atoms with Gasteiger partial charge in [-0.2, -0.15) is 0 Å². The lowest BCUT2D eigenvalue weighted by Crippen LogP contribution is -2.32. The zero-order valence-electron chi connectivity index (χ0n) is 26.9. The molecule has 1 saturated carbocycles. The van der Waals surface area contributed by atoms with Crippen LogP contribution in [0.4, 0.5) is 0 Å². The Bertz CT molecular complexity index is 1890. The molecule has 2 nitrogen and oxygen atoms in total. The predicted octanol–water partition coefficient (Wildman–Crippen LogP) is 10.9. The molecule has 42 heavy (non-hydrogen) atoms. The van der Waals surface area contributed by atoms with Gasteiger partial charge in [-0.05, 0) is 93.7 Å². The van der Waals surface area contributed by atoms with E-state index < -0.39 is 0 Å². The summed E-state index contributed by atoms with van der Waals surface area (Å²) in [6.45, 7) is 16.3. The predicted molar refractivity (Wildman–Crippen MR) is 178 cm³/mol. The molecule has 5 aromatic rings. The van der Waals surface area contributed by atoms with Crippen molar-refractivity contribution in [2.75, 3.05) is 0 Å². The Balaban J connectivity index is 1.57. The molecule has 1 aliphatic carbocycles. The second-order valence-corrected chi connectivity index (χ2v) is 15.6. The summed E-state index contributed by atoms with van der Waals surface area (Å²) in [5.41, 5.74) is 8.48. The van der Waals surface area contributed by atoms with E-state index in [1.165, 1.54) is 91.5 Å². The molecule has 0 radical (unpaired) electrons. The Morgan fingerprint density at radius 2 is 1.52 bits per heavy atom. The van der Waals surface area contributed by atoms with Crippen molar-refractivity contribution >= 4 is 32.3 Å². The third kappa shape index (κ3) is 4.50. The number of aryl methyl sites for hydroxylation is 2. The number of fused-ring (bicyclic) bond motifs is 5. The molecule has 216 valence electrons. The lowest BCUT2D eigenvalue weighted by atomic mass is 9.80. The summed E-state index contributed by atoms with van der Waals surface area (Å²) < 4.78 is 9.53. The summed E-state index contributed by atoms with van der Waals surface area (Å²) in [4.78, 5) is 0. The largest absolute Gasteiger partial charge is 0.455 e. The van der Waals surface area contributed by atoms with Crippen molar-refractivity contribution in [2.24, 2.45) is 17.9 Å². The van der Waals surface area contributed by atoms with Gasteiger partial charge in [0.25, 0.3) is 0 Å². The van der Waals surface area contributed by atoms with Crippen molar-refractivity contribution in [3.05, 3.63) is 77.0 Å². The van der Waals surface area contributed by atoms with Gasteiger partial charge >= 0.3 is 0 Å². The minimum atomic E-state index is 0.122. The van der Waals surface area contributed by atoms with E-state index >= 15 is 0 Å². The Hall–Kier alpha value is -3.39. The maximum atomic E-state index is 7.19. The van der Waals surface area contributed by atoms with Crippen molar-refractivity contribution in [1.29, 1.82) is 0 Å². The summed E-state index contributed by atoms with van der Waals surface area (Å²) in [5, 5.41) is 7.98. The van der Waals surface area contributed by atoms with E-state index in [0.29, 0.717) is 5.92 Å². The van der Waals surface area contributed by atoms with E-state index in [-0.39, 0.29) is 10.8 Å². The number of aromatic nitrogens is 1. The average Bonchev–Trinajstić information content (AvgIpc) is 3.45. The quantitative estimate of drug-likeness (QED) is 0.156. The molecule has 0 unspecified atom stereocenters. The Kier molecular flexibility index (Phi) is 6.25. The molecular weight excluding hydrogens is 510 g/mol. The molecule has 1 fully saturated rings. The van der Waals surface area contributed by atoms with E-state index in [4.69, 9.17) is 4.74 Å². The summed E-state index contributed by atoms with van der Waals surface area (Å²) in [7, 11) is 2.20. The van der Waals surface area contributed by atoms with Crippen LogP contribution in [0.25, 0.3) is 43.6 Å². The van der Waals surface area contributed by atoms with Gasteiger partial charge in [-0.3, -0.25) is 0 Å². The first kappa shape index (κ1) is 27.4. The number of benzene rings is 4. The van der Waals surface area contributed by atoms with Crippen LogP contribution < -0.4 is 9.30 Å². The van der Waals surface area contributed by atoms with E-state index in [9.17, 15) is 0 Å². The summed E-state index contributed by atoms with van der Waals surface area (Å²) >= 11 is 0. The topological polar surface area (TPSA) is 13.1 Å². The van der Waals surface area contributed by atoms with Crippen molar-refractivity contribution in [3.63, 3.8) is 0 Å². The fraction of sp³-hybridized carbons (Fsp3) is 0.425. The van der Waals surface area contributed by atoms with Gasteiger partial charge in [0.05, 0.1) is 10.9 Å². The zero-order valence-corrected chi connectivity index (χ0v) is 26.9. The highest BCUT2D eigenvalue weighted by Gasteiger charge is 2.35. The highest BCUT2D eigenvalue weighted by molar-refractivity contribution is 6.17. The molecule has 0 amide bonds. The van der Waals surface area contributed by atoms with E-state index in [1.807, 2.05) is 0 Å². The lowest BCUT2D eigenvalue weighted by Gasteiger charge is -2.29. The molecule has 0 atom stereocenters. The van der Waals surface area contributed by atoms with Gasteiger partial charge in [-0.25, -0.2) is 4.57 Å². The van der Waals surface area contributed by atoms with Crippen molar-refractivity contribution in [2.45, 2.75) is 92.9 Å². The van der Waals surface area contributed by atoms with Crippen molar-refractivity contribution in [1.82, 2.24) is 0 Å². The molecule has 2 heterocycles. The number of hydrogen-bond acceptors (Lipinski definition) is 1.